The Balaban J connectivity index is -0.000000941. The van der Waals surface area contributed by atoms with E-state index in [4.69, 9.17) is 51.5 Å². The monoisotopic (exact) mass is 1150 g/mol. The fourth-order valence-corrected chi connectivity index (χ4v) is 14.2. The van der Waals surface area contributed by atoms with E-state index in [-0.39, 0.29) is 17.8 Å². The van der Waals surface area contributed by atoms with Crippen molar-refractivity contribution >= 4 is 38.7 Å². The van der Waals surface area contributed by atoms with Gasteiger partial charge >= 0.3 is 11.9 Å². The van der Waals surface area contributed by atoms with Crippen LogP contribution < -0.4 is 9.64 Å². The molecule has 0 aliphatic heterocycles. The molecule has 0 aliphatic carbocycles. The van der Waals surface area contributed by atoms with Gasteiger partial charge in [-0.25, -0.2) is 17.2 Å². The first-order valence-electron chi connectivity index (χ1n) is 25.5. The fraction of sp³-hybridized carbons (Fsp3) is 0.840. The van der Waals surface area contributed by atoms with E-state index in [1.54, 1.807) is 35.4 Å². The standard InChI is InChI=1S/C15H33NO6.C14H32O3Si2.C12H12F4O5S.C9H20O3/c1-17-10-13-20-7-4-16(5-8-21-14-11-18-2)6-9-22-15-12-19-3;1-9-14(2,3)13(15)16-11-10-12-19(7,8)17-18(4,5)6;1-4-12(2,3)11(17)21-9-5(13)7(15)10(22(18,19)20)8(16)6(9)14;1-4-9(2)12-8-7-11-6-5-10-3/h4-15H2,1-3H3;9-12H2,1-8H3;4H2,1-3H3,(H,18,19,20);9H,4-8H2,1-3H3. The van der Waals surface area contributed by atoms with Crippen LogP contribution >= 0.6 is 0 Å². The predicted molar refractivity (Wildman–Crippen MR) is 282 cm³/mol. The normalized spacial score (nSPS) is 12.5. The van der Waals surface area contributed by atoms with Gasteiger partial charge in [0.2, 0.25) is 17.4 Å². The van der Waals surface area contributed by atoms with Crippen LogP contribution in [-0.2, 0) is 71.2 Å². The largest absolute Gasteiger partial charge is 0.744 e. The number of rotatable bonds is 38. The van der Waals surface area contributed by atoms with Crippen molar-refractivity contribution in [3.05, 3.63) is 23.3 Å². The van der Waals surface area contributed by atoms with Crippen molar-refractivity contribution in [3.63, 3.8) is 0 Å². The van der Waals surface area contributed by atoms with Crippen LogP contribution in [-0.4, -0.2) is 188 Å². The molecule has 1 aromatic carbocycles. The highest BCUT2D eigenvalue weighted by atomic mass is 32.2. The molecule has 1 N–H and O–H groups in total. The summed E-state index contributed by atoms with van der Waals surface area (Å²) in [5.74, 6) is -12.5. The van der Waals surface area contributed by atoms with Crippen molar-refractivity contribution in [1.29, 1.82) is 0 Å². The molecule has 0 amide bonds. The van der Waals surface area contributed by atoms with Gasteiger partial charge in [-0.3, -0.25) is 9.59 Å². The molecule has 25 heteroatoms. The number of ether oxygens (including phenoxy) is 11. The van der Waals surface area contributed by atoms with E-state index >= 15 is 0 Å². The van der Waals surface area contributed by atoms with Crippen LogP contribution in [0.5, 0.6) is 5.75 Å². The molecule has 1 aromatic rings. The fourth-order valence-electron chi connectivity index (χ4n) is 5.59. The molecule has 1 unspecified atom stereocenters. The summed E-state index contributed by atoms with van der Waals surface area (Å²) in [7, 11) is -2.16. The third-order valence-electron chi connectivity index (χ3n) is 11.0. The van der Waals surface area contributed by atoms with Gasteiger partial charge in [-0.05, 0) is 99.1 Å². The Morgan fingerprint density at radius 1 is 0.587 bits per heavy atom. The molecule has 0 aromatic heterocycles. The highest BCUT2D eigenvalue weighted by Crippen LogP contribution is 2.34. The zero-order valence-electron chi connectivity index (χ0n) is 48.5. The highest BCUT2D eigenvalue weighted by molar-refractivity contribution is 7.85. The number of esters is 2. The topological polar surface area (TPSA) is 207 Å². The Hall–Kier alpha value is -2.22. The molecule has 0 radical (unpaired) electrons. The summed E-state index contributed by atoms with van der Waals surface area (Å²) in [5, 5.41) is 0. The molecule has 0 saturated heterocycles. The minimum Gasteiger partial charge on any atom is -0.744 e. The van der Waals surface area contributed by atoms with Crippen LogP contribution in [0, 0.1) is 34.1 Å². The number of hydrogen-bond acceptors (Lipinski definition) is 17. The maximum Gasteiger partial charge on any atom is 0.317 e. The second-order valence-electron chi connectivity index (χ2n) is 20.0. The SMILES string of the molecule is CCC(C)(C)C(=O)OCCC[Si](C)(C)O[Si](C)(C)C.CCC(C)(C)C(=O)Oc1c(F)c(F)c(S(=O)(=O)[O-])c(F)c1F.CCC(C)OCCOCCOC.COCCOCC[NH+](CCOCCOC)CCOCCOC. The average Bonchev–Trinajstić information content (AvgIpc) is 3.33. The van der Waals surface area contributed by atoms with Gasteiger partial charge in [0, 0.05) is 28.4 Å². The Morgan fingerprint density at radius 2 is 0.960 bits per heavy atom. The lowest BCUT2D eigenvalue weighted by Crippen LogP contribution is -3.13. The lowest BCUT2D eigenvalue weighted by molar-refractivity contribution is -0.901. The first-order chi connectivity index (χ1) is 34.9. The summed E-state index contributed by atoms with van der Waals surface area (Å²) in [4.78, 5) is 22.6. The summed E-state index contributed by atoms with van der Waals surface area (Å²) in [5.41, 5.74) is -1.57. The van der Waals surface area contributed by atoms with Gasteiger partial charge in [0.05, 0.1) is 109 Å². The maximum absolute atomic E-state index is 13.6. The molecule has 18 nitrogen and oxygen atoms in total. The molecule has 0 heterocycles. The number of carbonyl (C=O) groups excluding carboxylic acids is 2. The molecular formula is C50H97F4NO17SSi2. The number of carbonyl (C=O) groups is 2. The smallest absolute Gasteiger partial charge is 0.317 e. The van der Waals surface area contributed by atoms with Crippen molar-refractivity contribution < 1.29 is 101 Å². The summed E-state index contributed by atoms with van der Waals surface area (Å²) in [6.45, 7) is 37.5. The van der Waals surface area contributed by atoms with Crippen LogP contribution in [0.3, 0.4) is 0 Å². The second-order valence-corrected chi connectivity index (χ2v) is 30.3. The van der Waals surface area contributed by atoms with Gasteiger partial charge in [0.25, 0.3) is 0 Å². The Bertz CT molecular complexity index is 1700. The minimum atomic E-state index is -5.81. The first kappa shape index (κ1) is 77.0. The lowest BCUT2D eigenvalue weighted by Gasteiger charge is -2.31. The number of hydrogen-bond donors (Lipinski definition) is 1. The van der Waals surface area contributed by atoms with Gasteiger partial charge in [0.1, 0.15) is 34.6 Å². The third kappa shape index (κ3) is 38.9. The van der Waals surface area contributed by atoms with Gasteiger partial charge in [0.15, 0.2) is 28.3 Å². The van der Waals surface area contributed by atoms with Gasteiger partial charge in [-0.1, -0.05) is 20.8 Å². The van der Waals surface area contributed by atoms with Crippen LogP contribution in [0.2, 0.25) is 38.8 Å². The summed E-state index contributed by atoms with van der Waals surface area (Å²) < 4.78 is 149. The van der Waals surface area contributed by atoms with Crippen LogP contribution in [0.1, 0.15) is 81.1 Å². The van der Waals surface area contributed by atoms with E-state index in [1.165, 1.54) is 18.7 Å². The first-order valence-corrected chi connectivity index (χ1v) is 33.5. The van der Waals surface area contributed by atoms with Crippen molar-refractivity contribution in [2.75, 3.05) is 141 Å². The van der Waals surface area contributed by atoms with E-state index in [1.807, 2.05) is 20.8 Å². The molecule has 75 heavy (non-hydrogen) atoms. The van der Waals surface area contributed by atoms with Gasteiger partial charge < -0.3 is 65.7 Å². The number of benzene rings is 1. The molecule has 1 rings (SSSR count). The molecule has 0 aliphatic rings. The van der Waals surface area contributed by atoms with Crippen LogP contribution in [0.25, 0.3) is 0 Å². The molecule has 0 saturated carbocycles. The number of quaternary nitrogens is 1. The predicted octanol–water partition coefficient (Wildman–Crippen LogP) is 7.23. The van der Waals surface area contributed by atoms with Gasteiger partial charge in [-0.15, -0.1) is 0 Å². The van der Waals surface area contributed by atoms with Crippen LogP contribution in [0.15, 0.2) is 4.90 Å². The summed E-state index contributed by atoms with van der Waals surface area (Å²) in [6.07, 6.45) is 3.31. The Morgan fingerprint density at radius 3 is 1.31 bits per heavy atom. The number of methoxy groups -OCH3 is 4. The van der Waals surface area contributed by atoms with Crippen molar-refractivity contribution in [2.45, 2.75) is 131 Å². The van der Waals surface area contributed by atoms with Crippen LogP contribution in [0.4, 0.5) is 17.6 Å². The Labute approximate surface area is 449 Å². The molecule has 0 fully saturated rings. The molecule has 0 spiro atoms. The number of nitrogens with one attached hydrogen (secondary N) is 1. The summed E-state index contributed by atoms with van der Waals surface area (Å²) >= 11 is 0. The van der Waals surface area contributed by atoms with Crippen molar-refractivity contribution in [3.8, 4) is 5.75 Å². The quantitative estimate of drug-likeness (QED) is 0.0132. The molecule has 446 valence electrons. The zero-order valence-corrected chi connectivity index (χ0v) is 51.3. The summed E-state index contributed by atoms with van der Waals surface area (Å²) in [6, 6.07) is 1.05. The van der Waals surface area contributed by atoms with E-state index in [2.05, 4.69) is 51.3 Å². The zero-order chi connectivity index (χ0) is 58.3. The number of halogens is 4. The van der Waals surface area contributed by atoms with Gasteiger partial charge in [-0.2, -0.15) is 8.78 Å². The van der Waals surface area contributed by atoms with E-state index in [9.17, 15) is 40.1 Å². The van der Waals surface area contributed by atoms with Crippen molar-refractivity contribution in [1.82, 2.24) is 0 Å². The van der Waals surface area contributed by atoms with E-state index in [0.29, 0.717) is 78.8 Å². The van der Waals surface area contributed by atoms with E-state index in [0.717, 1.165) is 64.8 Å². The molecule has 0 bridgehead atoms. The maximum atomic E-state index is 13.6. The Kier molecular flexibility index (Phi) is 43.8. The highest BCUT2D eigenvalue weighted by Gasteiger charge is 2.35. The van der Waals surface area contributed by atoms with E-state index < -0.39 is 72.1 Å². The average molecular weight is 1150 g/mol. The minimum absolute atomic E-state index is 0.0828. The molecular weight excluding hydrogens is 1050 g/mol. The second kappa shape index (κ2) is 42.7. The molecule has 1 atom stereocenters. The lowest BCUT2D eigenvalue weighted by atomic mass is 9.91. The third-order valence-corrected chi connectivity index (χ3v) is 18.0. The van der Waals surface area contributed by atoms with Crippen molar-refractivity contribution in [2.24, 2.45) is 10.8 Å².